The molecule has 0 aliphatic heterocycles. The van der Waals surface area contributed by atoms with Crippen LogP contribution in [0.2, 0.25) is 0 Å². The van der Waals surface area contributed by atoms with Crippen LogP contribution in [0.25, 0.3) is 0 Å². The number of rotatable bonds is 8. The summed E-state index contributed by atoms with van der Waals surface area (Å²) in [5, 5.41) is 0. The van der Waals surface area contributed by atoms with Gasteiger partial charge in [0.05, 0.1) is 24.5 Å². The van der Waals surface area contributed by atoms with Crippen LogP contribution < -0.4 is 0 Å². The fraction of sp³-hybridized carbons (Fsp3) is 0.500. The molecule has 7 heteroatoms. The summed E-state index contributed by atoms with van der Waals surface area (Å²) < 4.78 is 37.1. The number of carbonyl (C=O) groups excluding carboxylic acids is 1. The molecular formula is C18H29NO5S. The molecule has 6 nitrogen and oxygen atoms in total. The van der Waals surface area contributed by atoms with Gasteiger partial charge in [0.1, 0.15) is 23.3 Å². The summed E-state index contributed by atoms with van der Waals surface area (Å²) in [5.41, 5.74) is 0.928. The largest absolute Gasteiger partial charge is 0.744 e. The molecule has 0 atom stereocenters. The standard InChI is InChI=1S/C11H22NO2.C7H8O3S/c1-5-11(13)14-10-9-12(6-2,7-3)8-4;1-6-2-4-7(5-3-6)11(8,9)10/h5H,1,6-10H2,2-4H3;2-5H,1H3,(H,8,9,10)/q+1;/p-1. The van der Waals surface area contributed by atoms with Crippen molar-refractivity contribution in [3.8, 4) is 0 Å². The van der Waals surface area contributed by atoms with Gasteiger partial charge in [-0.2, -0.15) is 0 Å². The van der Waals surface area contributed by atoms with Crippen LogP contribution in [-0.4, -0.2) is 56.2 Å². The zero-order valence-corrected chi connectivity index (χ0v) is 16.3. The van der Waals surface area contributed by atoms with Gasteiger partial charge in [-0.15, -0.1) is 0 Å². The maximum Gasteiger partial charge on any atom is 0.330 e. The molecule has 0 aliphatic carbocycles. The predicted octanol–water partition coefficient (Wildman–Crippen LogP) is 2.49. The highest BCUT2D eigenvalue weighted by Gasteiger charge is 2.20. The Morgan fingerprint density at radius 3 is 2.00 bits per heavy atom. The predicted molar refractivity (Wildman–Crippen MR) is 97.0 cm³/mol. The molecule has 0 spiro atoms. The van der Waals surface area contributed by atoms with Crippen molar-refractivity contribution in [2.75, 3.05) is 32.8 Å². The highest BCUT2D eigenvalue weighted by Crippen LogP contribution is 2.08. The molecule has 0 aromatic heterocycles. The molecule has 0 radical (unpaired) electrons. The first-order chi connectivity index (χ1) is 11.6. The molecule has 0 bridgehead atoms. The SMILES string of the molecule is C=CC(=O)OCC[N+](CC)(CC)CC.Cc1ccc(S(=O)(=O)[O-])cc1. The Bertz CT molecular complexity index is 626. The number of ether oxygens (including phenoxy) is 1. The zero-order valence-electron chi connectivity index (χ0n) is 15.5. The van der Waals surface area contributed by atoms with Crippen LogP contribution in [0.3, 0.4) is 0 Å². The van der Waals surface area contributed by atoms with E-state index in [0.717, 1.165) is 36.2 Å². The minimum Gasteiger partial charge on any atom is -0.744 e. The Morgan fingerprint density at radius 1 is 1.16 bits per heavy atom. The first kappa shape index (κ1) is 23.3. The molecule has 0 saturated heterocycles. The van der Waals surface area contributed by atoms with Crippen LogP contribution in [0.4, 0.5) is 0 Å². The number of likely N-dealkylation sites (N-methyl/N-ethyl adjacent to an activating group) is 1. The third-order valence-corrected chi connectivity index (χ3v) is 5.15. The van der Waals surface area contributed by atoms with Crippen molar-refractivity contribution < 1.29 is 27.0 Å². The van der Waals surface area contributed by atoms with Gasteiger partial charge in [-0.25, -0.2) is 13.2 Å². The fourth-order valence-corrected chi connectivity index (χ4v) is 2.72. The van der Waals surface area contributed by atoms with Crippen molar-refractivity contribution in [3.63, 3.8) is 0 Å². The van der Waals surface area contributed by atoms with Gasteiger partial charge in [0.2, 0.25) is 0 Å². The average molecular weight is 371 g/mol. The summed E-state index contributed by atoms with van der Waals surface area (Å²) >= 11 is 0. The maximum absolute atomic E-state index is 10.8. The Hall–Kier alpha value is -1.70. The molecule has 0 aliphatic rings. The lowest BCUT2D eigenvalue weighted by atomic mass is 10.2. The number of carbonyl (C=O) groups is 1. The summed E-state index contributed by atoms with van der Waals surface area (Å²) in [6.07, 6.45) is 1.21. The van der Waals surface area contributed by atoms with E-state index in [1.807, 2.05) is 6.92 Å². The lowest BCUT2D eigenvalue weighted by molar-refractivity contribution is -0.923. The topological polar surface area (TPSA) is 83.5 Å². The molecule has 0 N–H and O–H groups in total. The van der Waals surface area contributed by atoms with Gasteiger partial charge < -0.3 is 13.8 Å². The van der Waals surface area contributed by atoms with E-state index in [1.54, 1.807) is 12.1 Å². The van der Waals surface area contributed by atoms with Crippen LogP contribution in [0.1, 0.15) is 26.3 Å². The number of quaternary nitrogens is 1. The van der Waals surface area contributed by atoms with Crippen LogP contribution in [0.15, 0.2) is 41.8 Å². The minimum absolute atomic E-state index is 0.178. The number of aryl methyl sites for hydroxylation is 1. The number of hydrogen-bond donors (Lipinski definition) is 0. The first-order valence-corrected chi connectivity index (χ1v) is 9.71. The maximum atomic E-state index is 10.8. The van der Waals surface area contributed by atoms with E-state index in [9.17, 15) is 17.8 Å². The number of hydrogen-bond acceptors (Lipinski definition) is 5. The second-order valence-electron chi connectivity index (χ2n) is 5.65. The van der Waals surface area contributed by atoms with E-state index in [0.29, 0.717) is 6.61 Å². The monoisotopic (exact) mass is 371 g/mol. The van der Waals surface area contributed by atoms with E-state index in [2.05, 4.69) is 27.4 Å². The van der Waals surface area contributed by atoms with E-state index in [-0.39, 0.29) is 10.9 Å². The van der Waals surface area contributed by atoms with Gasteiger partial charge in [-0.3, -0.25) is 0 Å². The summed E-state index contributed by atoms with van der Waals surface area (Å²) in [6.45, 7) is 16.3. The Morgan fingerprint density at radius 2 is 1.64 bits per heavy atom. The second kappa shape index (κ2) is 11.0. The minimum atomic E-state index is -4.27. The van der Waals surface area contributed by atoms with Crippen LogP contribution in [0.5, 0.6) is 0 Å². The molecule has 0 fully saturated rings. The summed E-state index contributed by atoms with van der Waals surface area (Å²) in [5.74, 6) is -0.327. The van der Waals surface area contributed by atoms with Crippen molar-refractivity contribution in [1.82, 2.24) is 0 Å². The quantitative estimate of drug-likeness (QED) is 0.303. The van der Waals surface area contributed by atoms with Gasteiger partial charge >= 0.3 is 5.97 Å². The third kappa shape index (κ3) is 8.81. The summed E-state index contributed by atoms with van der Waals surface area (Å²) in [4.78, 5) is 10.6. The number of nitrogens with zero attached hydrogens (tertiary/aromatic N) is 1. The van der Waals surface area contributed by atoms with E-state index >= 15 is 0 Å². The van der Waals surface area contributed by atoms with Crippen molar-refractivity contribution in [3.05, 3.63) is 42.5 Å². The number of esters is 1. The highest BCUT2D eigenvalue weighted by atomic mass is 32.2. The Kier molecular flexibility index (Phi) is 10.3. The molecule has 0 saturated carbocycles. The van der Waals surface area contributed by atoms with Crippen LogP contribution in [-0.2, 0) is 19.6 Å². The van der Waals surface area contributed by atoms with Gasteiger partial charge in [0.25, 0.3) is 0 Å². The summed E-state index contributed by atoms with van der Waals surface area (Å²) in [6, 6.07) is 5.78. The lowest BCUT2D eigenvalue weighted by Crippen LogP contribution is -2.49. The first-order valence-electron chi connectivity index (χ1n) is 8.31. The van der Waals surface area contributed by atoms with E-state index < -0.39 is 10.1 Å². The molecular weight excluding hydrogens is 342 g/mol. The van der Waals surface area contributed by atoms with Crippen molar-refractivity contribution in [2.45, 2.75) is 32.6 Å². The second-order valence-corrected chi connectivity index (χ2v) is 7.03. The van der Waals surface area contributed by atoms with E-state index in [4.69, 9.17) is 4.74 Å². The van der Waals surface area contributed by atoms with Crippen molar-refractivity contribution in [2.24, 2.45) is 0 Å². The van der Waals surface area contributed by atoms with Gasteiger partial charge in [-0.05, 0) is 39.8 Å². The van der Waals surface area contributed by atoms with Crippen LogP contribution in [0, 0.1) is 6.92 Å². The normalized spacial score (nSPS) is 11.2. The van der Waals surface area contributed by atoms with E-state index in [1.165, 1.54) is 18.2 Å². The Labute approximate surface area is 151 Å². The third-order valence-electron chi connectivity index (χ3n) is 4.30. The molecule has 0 unspecified atom stereocenters. The van der Waals surface area contributed by atoms with Crippen LogP contribution >= 0.6 is 0 Å². The van der Waals surface area contributed by atoms with Gasteiger partial charge in [0.15, 0.2) is 0 Å². The lowest BCUT2D eigenvalue weighted by Gasteiger charge is -2.35. The molecule has 1 rings (SSSR count). The fourth-order valence-electron chi connectivity index (χ4n) is 2.25. The average Bonchev–Trinajstić information content (AvgIpc) is 2.59. The Balaban J connectivity index is 0.000000472. The van der Waals surface area contributed by atoms with Crippen molar-refractivity contribution in [1.29, 1.82) is 0 Å². The molecule has 142 valence electrons. The zero-order chi connectivity index (χ0) is 19.5. The molecule has 25 heavy (non-hydrogen) atoms. The molecule has 0 heterocycles. The highest BCUT2D eigenvalue weighted by molar-refractivity contribution is 7.85. The molecule has 0 amide bonds. The van der Waals surface area contributed by atoms with Gasteiger partial charge in [-0.1, -0.05) is 24.3 Å². The summed E-state index contributed by atoms with van der Waals surface area (Å²) in [7, 11) is -4.27. The number of benzene rings is 1. The van der Waals surface area contributed by atoms with Crippen molar-refractivity contribution >= 4 is 16.1 Å². The van der Waals surface area contributed by atoms with Gasteiger partial charge in [0, 0.05) is 6.08 Å². The smallest absolute Gasteiger partial charge is 0.330 e. The molecule has 1 aromatic carbocycles. The molecule has 1 aromatic rings.